The molecule has 30 heavy (non-hydrogen) atoms. The monoisotopic (exact) mass is 467 g/mol. The number of hydrogen-bond donors (Lipinski definition) is 0. The highest BCUT2D eigenvalue weighted by Crippen LogP contribution is 2.06. The number of likely N-dealkylation sites (N-methyl/N-ethyl adjacent to an activating group) is 1. The van der Waals surface area contributed by atoms with E-state index in [1.165, 1.54) is 0 Å². The van der Waals surface area contributed by atoms with Crippen LogP contribution in [-0.2, 0) is 27.2 Å². The lowest BCUT2D eigenvalue weighted by atomic mass is 10.3. The van der Waals surface area contributed by atoms with Gasteiger partial charge in [-0.05, 0) is 73.5 Å². The largest absolute Gasteiger partial charge is 0.397 e. The minimum Gasteiger partial charge on any atom is -0.397 e. The average Bonchev–Trinajstić information content (AvgIpc) is 2.69. The topological polar surface area (TPSA) is 58.6 Å². The molecule has 0 aromatic carbocycles. The van der Waals surface area contributed by atoms with Gasteiger partial charge in [-0.1, -0.05) is 0 Å². The predicted molar refractivity (Wildman–Crippen MR) is 128 cm³/mol. The first-order valence-electron chi connectivity index (χ1n) is 11.8. The van der Waals surface area contributed by atoms with Gasteiger partial charge in [-0.2, -0.15) is 0 Å². The van der Waals surface area contributed by atoms with Crippen LogP contribution in [0.5, 0.6) is 0 Å². The van der Waals surface area contributed by atoms with E-state index in [-0.39, 0.29) is 12.2 Å². The Morgan fingerprint density at radius 2 is 0.967 bits per heavy atom. The molecule has 7 nitrogen and oxygen atoms in total. The van der Waals surface area contributed by atoms with Crippen molar-refractivity contribution in [3.8, 4) is 0 Å². The second-order valence-corrected chi connectivity index (χ2v) is 11.8. The number of ether oxygens (including phenoxy) is 2. The van der Waals surface area contributed by atoms with Crippen molar-refractivity contribution in [1.29, 1.82) is 0 Å². The van der Waals surface area contributed by atoms with Gasteiger partial charge >= 0.3 is 18.6 Å². The molecule has 0 aliphatic rings. The van der Waals surface area contributed by atoms with E-state index in [9.17, 15) is 0 Å². The molecule has 0 radical (unpaired) electrons. The summed E-state index contributed by atoms with van der Waals surface area (Å²) in [4.78, 5) is 2.28. The van der Waals surface area contributed by atoms with Crippen LogP contribution in [0.15, 0.2) is 0 Å². The zero-order valence-electron chi connectivity index (χ0n) is 20.7. The van der Waals surface area contributed by atoms with Crippen LogP contribution in [0.2, 0.25) is 12.1 Å². The van der Waals surface area contributed by atoms with Crippen LogP contribution in [0.25, 0.3) is 0 Å². The van der Waals surface area contributed by atoms with E-state index in [4.69, 9.17) is 27.2 Å². The van der Waals surface area contributed by atoms with Gasteiger partial charge in [-0.3, -0.25) is 0 Å². The molecule has 0 fully saturated rings. The molecule has 9 heteroatoms. The second kappa shape index (κ2) is 21.0. The SMILES string of the molecule is CCO[SiH](CCCOC(C)CN(C)CC(C)OCCC[SiH](OCC)OCC)OCC. The fraction of sp³-hybridized carbons (Fsp3) is 1.00. The molecule has 2 unspecified atom stereocenters. The van der Waals surface area contributed by atoms with Crippen LogP contribution in [0.1, 0.15) is 54.4 Å². The molecule has 0 aromatic heterocycles. The Balaban J connectivity index is 3.85. The van der Waals surface area contributed by atoms with E-state index in [1.54, 1.807) is 0 Å². The van der Waals surface area contributed by atoms with Crippen molar-refractivity contribution in [2.24, 2.45) is 0 Å². The molecule has 0 rings (SSSR count). The summed E-state index contributed by atoms with van der Waals surface area (Å²) in [5.41, 5.74) is 0. The lowest BCUT2D eigenvalue weighted by Crippen LogP contribution is -2.35. The third kappa shape index (κ3) is 17.8. The fourth-order valence-electron chi connectivity index (χ4n) is 3.30. The van der Waals surface area contributed by atoms with Crippen molar-refractivity contribution >= 4 is 18.6 Å². The Morgan fingerprint density at radius 1 is 0.633 bits per heavy atom. The number of rotatable bonds is 22. The first-order valence-corrected chi connectivity index (χ1v) is 15.4. The summed E-state index contributed by atoms with van der Waals surface area (Å²) in [6, 6.07) is 2.01. The van der Waals surface area contributed by atoms with Gasteiger partial charge < -0.3 is 32.1 Å². The van der Waals surface area contributed by atoms with Gasteiger partial charge in [0.05, 0.1) is 12.2 Å². The first kappa shape index (κ1) is 30.2. The predicted octanol–water partition coefficient (Wildman–Crippen LogP) is 3.10. The lowest BCUT2D eigenvalue weighted by molar-refractivity contribution is 0.0132. The highest BCUT2D eigenvalue weighted by molar-refractivity contribution is 6.44. The molecular weight excluding hydrogens is 418 g/mol. The molecule has 2 atom stereocenters. The molecule has 0 spiro atoms. The number of hydrogen-bond acceptors (Lipinski definition) is 7. The average molecular weight is 468 g/mol. The van der Waals surface area contributed by atoms with Crippen molar-refractivity contribution < 1.29 is 27.2 Å². The molecule has 0 saturated heterocycles. The van der Waals surface area contributed by atoms with E-state index in [2.05, 4.69) is 25.8 Å². The molecule has 0 heterocycles. The van der Waals surface area contributed by atoms with E-state index in [0.717, 1.165) is 77.7 Å². The quantitative estimate of drug-likeness (QED) is 0.179. The minimum absolute atomic E-state index is 0.200. The van der Waals surface area contributed by atoms with Crippen molar-refractivity contribution in [3.63, 3.8) is 0 Å². The fourth-order valence-corrected chi connectivity index (χ4v) is 6.65. The van der Waals surface area contributed by atoms with Crippen LogP contribution in [-0.4, -0.2) is 95.5 Å². The summed E-state index contributed by atoms with van der Waals surface area (Å²) < 4.78 is 34.8. The molecule has 0 aliphatic carbocycles. The Kier molecular flexibility index (Phi) is 21.1. The summed E-state index contributed by atoms with van der Waals surface area (Å²) in [5, 5.41) is 0. The highest BCUT2D eigenvalue weighted by atomic mass is 28.3. The lowest BCUT2D eigenvalue weighted by Gasteiger charge is -2.25. The van der Waals surface area contributed by atoms with E-state index < -0.39 is 18.6 Å². The first-order chi connectivity index (χ1) is 14.5. The third-order valence-electron chi connectivity index (χ3n) is 4.52. The van der Waals surface area contributed by atoms with E-state index in [1.807, 2.05) is 27.7 Å². The molecular formula is C21H49NO6Si2. The third-order valence-corrected chi connectivity index (χ3v) is 9.10. The van der Waals surface area contributed by atoms with Crippen molar-refractivity contribution in [2.45, 2.75) is 78.7 Å². The summed E-state index contributed by atoms with van der Waals surface area (Å²) in [7, 11) is -0.864. The molecule has 0 bridgehead atoms. The van der Waals surface area contributed by atoms with Crippen molar-refractivity contribution in [1.82, 2.24) is 4.90 Å². The minimum atomic E-state index is -1.49. The Bertz CT molecular complexity index is 326. The smallest absolute Gasteiger partial charge is 0.321 e. The molecule has 0 saturated carbocycles. The van der Waals surface area contributed by atoms with E-state index >= 15 is 0 Å². The maximum absolute atomic E-state index is 5.98. The molecule has 0 amide bonds. The van der Waals surface area contributed by atoms with Crippen LogP contribution >= 0.6 is 0 Å². The van der Waals surface area contributed by atoms with Crippen LogP contribution < -0.4 is 0 Å². The summed E-state index contributed by atoms with van der Waals surface area (Å²) >= 11 is 0. The Hall–Kier alpha value is 0.154. The van der Waals surface area contributed by atoms with Gasteiger partial charge in [0.15, 0.2) is 0 Å². The van der Waals surface area contributed by atoms with Gasteiger partial charge in [0.2, 0.25) is 0 Å². The maximum Gasteiger partial charge on any atom is 0.321 e. The summed E-state index contributed by atoms with van der Waals surface area (Å²) in [6.07, 6.45) is 2.40. The maximum atomic E-state index is 5.98. The highest BCUT2D eigenvalue weighted by Gasteiger charge is 2.15. The van der Waals surface area contributed by atoms with Gasteiger partial charge in [0.25, 0.3) is 0 Å². The van der Waals surface area contributed by atoms with Crippen molar-refractivity contribution in [3.05, 3.63) is 0 Å². The molecule has 182 valence electrons. The van der Waals surface area contributed by atoms with Crippen LogP contribution in [0.3, 0.4) is 0 Å². The second-order valence-electron chi connectivity index (χ2n) is 7.55. The Labute approximate surface area is 189 Å². The molecule has 0 aliphatic heterocycles. The van der Waals surface area contributed by atoms with Crippen LogP contribution in [0, 0.1) is 0 Å². The summed E-state index contributed by atoms with van der Waals surface area (Å²) in [6.45, 7) is 18.6. The van der Waals surface area contributed by atoms with Gasteiger partial charge in [0.1, 0.15) is 0 Å². The Morgan fingerprint density at radius 3 is 1.27 bits per heavy atom. The molecule has 0 aromatic rings. The van der Waals surface area contributed by atoms with Gasteiger partial charge in [-0.25, -0.2) is 0 Å². The number of nitrogens with zero attached hydrogens (tertiary/aromatic N) is 1. The van der Waals surface area contributed by atoms with Gasteiger partial charge in [-0.15, -0.1) is 0 Å². The zero-order valence-corrected chi connectivity index (χ0v) is 23.0. The standard InChI is InChI=1S/C21H49NO6Si2/c1-8-25-29(26-9-2)16-12-14-23-20(5)18-22(7)19-21(6)24-15-13-17-30(27-10-3)28-11-4/h20-21,29-30H,8-19H2,1-7H3. The zero-order chi connectivity index (χ0) is 22.6. The van der Waals surface area contributed by atoms with Crippen molar-refractivity contribution in [2.75, 3.05) is 59.8 Å². The molecule has 0 N–H and O–H groups in total. The normalized spacial score (nSPS) is 14.2. The van der Waals surface area contributed by atoms with E-state index in [0.29, 0.717) is 0 Å². The van der Waals surface area contributed by atoms with Crippen LogP contribution in [0.4, 0.5) is 0 Å². The van der Waals surface area contributed by atoms with Gasteiger partial charge in [0, 0.05) is 52.7 Å². The summed E-state index contributed by atoms with van der Waals surface area (Å²) in [5.74, 6) is 0.